The number of nitriles is 1. The zero-order chi connectivity index (χ0) is 12.8. The quantitative estimate of drug-likeness (QED) is 0.817. The van der Waals surface area contributed by atoms with E-state index in [0.717, 1.165) is 29.4 Å². The monoisotopic (exact) mass is 240 g/mol. The molecule has 0 bridgehead atoms. The molecule has 2 aromatic carbocycles. The van der Waals surface area contributed by atoms with Crippen LogP contribution in [-0.2, 0) is 0 Å². The first-order chi connectivity index (χ1) is 8.83. The van der Waals surface area contributed by atoms with Crippen molar-refractivity contribution in [2.24, 2.45) is 5.73 Å². The molecule has 0 aliphatic carbocycles. The lowest BCUT2D eigenvalue weighted by Crippen LogP contribution is -2.03. The second-order valence-corrected chi connectivity index (χ2v) is 4.18. The second kappa shape index (κ2) is 6.04. The van der Waals surface area contributed by atoms with Gasteiger partial charge in [0.15, 0.2) is 0 Å². The number of unbranched alkanes of at least 4 members (excludes halogenated alkanes) is 1. The molecule has 0 aromatic heterocycles. The summed E-state index contributed by atoms with van der Waals surface area (Å²) in [6.45, 7) is 1.40. The van der Waals surface area contributed by atoms with Gasteiger partial charge >= 0.3 is 0 Å². The number of rotatable bonds is 5. The maximum Gasteiger partial charge on any atom is 0.119 e. The van der Waals surface area contributed by atoms with Crippen molar-refractivity contribution < 1.29 is 4.74 Å². The number of nitrogens with zero attached hydrogens (tertiary/aromatic N) is 1. The molecule has 92 valence electrons. The van der Waals surface area contributed by atoms with Gasteiger partial charge in [-0.1, -0.05) is 12.1 Å². The number of hydrogen-bond acceptors (Lipinski definition) is 3. The fourth-order valence-electron chi connectivity index (χ4n) is 1.82. The van der Waals surface area contributed by atoms with Crippen molar-refractivity contribution in [3.05, 3.63) is 42.0 Å². The predicted molar refractivity (Wildman–Crippen MR) is 72.4 cm³/mol. The highest BCUT2D eigenvalue weighted by molar-refractivity contribution is 5.85. The number of benzene rings is 2. The average molecular weight is 240 g/mol. The number of ether oxygens (including phenoxy) is 1. The summed E-state index contributed by atoms with van der Waals surface area (Å²) in [5, 5.41) is 11.0. The summed E-state index contributed by atoms with van der Waals surface area (Å²) in [7, 11) is 0. The molecule has 0 amide bonds. The number of nitrogens with two attached hydrogens (primary N) is 1. The lowest BCUT2D eigenvalue weighted by Gasteiger charge is -2.07. The fourth-order valence-corrected chi connectivity index (χ4v) is 1.82. The van der Waals surface area contributed by atoms with E-state index in [9.17, 15) is 0 Å². The third-order valence-corrected chi connectivity index (χ3v) is 2.81. The summed E-state index contributed by atoms with van der Waals surface area (Å²) in [5.41, 5.74) is 6.11. The Morgan fingerprint density at radius 3 is 2.61 bits per heavy atom. The molecule has 0 spiro atoms. The molecular weight excluding hydrogens is 224 g/mol. The molecule has 2 aromatic rings. The largest absolute Gasteiger partial charge is 0.494 e. The third-order valence-electron chi connectivity index (χ3n) is 2.81. The SMILES string of the molecule is N#Cc1ccc2cc(OCCCCN)ccc2c1. The molecule has 0 saturated carbocycles. The zero-order valence-electron chi connectivity index (χ0n) is 10.2. The van der Waals surface area contributed by atoms with Gasteiger partial charge in [0.2, 0.25) is 0 Å². The molecule has 3 heteroatoms. The van der Waals surface area contributed by atoms with E-state index in [4.69, 9.17) is 15.7 Å². The third kappa shape index (κ3) is 2.99. The zero-order valence-corrected chi connectivity index (χ0v) is 10.2. The van der Waals surface area contributed by atoms with Gasteiger partial charge in [0.1, 0.15) is 5.75 Å². The van der Waals surface area contributed by atoms with Crippen LogP contribution in [0.1, 0.15) is 18.4 Å². The highest BCUT2D eigenvalue weighted by Gasteiger charge is 1.99. The van der Waals surface area contributed by atoms with Gasteiger partial charge in [0.25, 0.3) is 0 Å². The fraction of sp³-hybridized carbons (Fsp3) is 0.267. The Balaban J connectivity index is 2.11. The Morgan fingerprint density at radius 1 is 1.06 bits per heavy atom. The van der Waals surface area contributed by atoms with Crippen LogP contribution in [0.25, 0.3) is 10.8 Å². The Hall–Kier alpha value is -2.05. The topological polar surface area (TPSA) is 59.0 Å². The first kappa shape index (κ1) is 12.4. The molecule has 0 fully saturated rings. The van der Waals surface area contributed by atoms with Crippen LogP contribution >= 0.6 is 0 Å². The van der Waals surface area contributed by atoms with Gasteiger partial charge in [0.05, 0.1) is 18.2 Å². The van der Waals surface area contributed by atoms with E-state index in [-0.39, 0.29) is 0 Å². The molecule has 0 unspecified atom stereocenters. The Morgan fingerprint density at radius 2 is 1.83 bits per heavy atom. The molecule has 0 heterocycles. The highest BCUT2D eigenvalue weighted by atomic mass is 16.5. The molecule has 0 radical (unpaired) electrons. The standard InChI is InChI=1S/C15H16N2O/c16-7-1-2-8-18-15-6-5-13-9-12(11-17)3-4-14(13)10-15/h3-6,9-10H,1-2,7-8,16H2. The summed E-state index contributed by atoms with van der Waals surface area (Å²) in [6.07, 6.45) is 1.96. The smallest absolute Gasteiger partial charge is 0.119 e. The number of fused-ring (bicyclic) bond motifs is 1. The minimum atomic E-state index is 0.680. The first-order valence-electron chi connectivity index (χ1n) is 6.10. The molecule has 0 aliphatic heterocycles. The van der Waals surface area contributed by atoms with Gasteiger partial charge in [-0.3, -0.25) is 0 Å². The van der Waals surface area contributed by atoms with Crippen LogP contribution < -0.4 is 10.5 Å². The van der Waals surface area contributed by atoms with Crippen LogP contribution in [0.4, 0.5) is 0 Å². The summed E-state index contributed by atoms with van der Waals surface area (Å²) < 4.78 is 5.65. The van der Waals surface area contributed by atoms with E-state index in [1.165, 1.54) is 0 Å². The average Bonchev–Trinajstić information content (AvgIpc) is 2.43. The second-order valence-electron chi connectivity index (χ2n) is 4.18. The summed E-state index contributed by atoms with van der Waals surface area (Å²) in [5.74, 6) is 0.865. The van der Waals surface area contributed by atoms with Crippen molar-refractivity contribution in [1.82, 2.24) is 0 Å². The minimum Gasteiger partial charge on any atom is -0.494 e. The lowest BCUT2D eigenvalue weighted by atomic mass is 10.1. The molecule has 0 atom stereocenters. The van der Waals surface area contributed by atoms with Crippen molar-refractivity contribution in [2.75, 3.05) is 13.2 Å². The van der Waals surface area contributed by atoms with Crippen LogP contribution in [0.15, 0.2) is 36.4 Å². The molecule has 18 heavy (non-hydrogen) atoms. The van der Waals surface area contributed by atoms with Crippen LogP contribution in [0.5, 0.6) is 5.75 Å². The van der Waals surface area contributed by atoms with E-state index < -0.39 is 0 Å². The van der Waals surface area contributed by atoms with Crippen molar-refractivity contribution in [3.63, 3.8) is 0 Å². The summed E-state index contributed by atoms with van der Waals surface area (Å²) >= 11 is 0. The molecule has 0 saturated heterocycles. The maximum absolute atomic E-state index is 8.83. The minimum absolute atomic E-state index is 0.680. The van der Waals surface area contributed by atoms with Gasteiger partial charge in [-0.2, -0.15) is 5.26 Å². The first-order valence-corrected chi connectivity index (χ1v) is 6.10. The van der Waals surface area contributed by atoms with Crippen molar-refractivity contribution in [2.45, 2.75) is 12.8 Å². The molecule has 2 rings (SSSR count). The lowest BCUT2D eigenvalue weighted by molar-refractivity contribution is 0.308. The Bertz CT molecular complexity index is 572. The predicted octanol–water partition coefficient (Wildman–Crippen LogP) is 2.83. The number of hydrogen-bond donors (Lipinski definition) is 1. The van der Waals surface area contributed by atoms with E-state index in [1.54, 1.807) is 0 Å². The van der Waals surface area contributed by atoms with Crippen molar-refractivity contribution in [3.8, 4) is 11.8 Å². The Labute approximate surface area is 107 Å². The van der Waals surface area contributed by atoms with E-state index in [2.05, 4.69) is 6.07 Å². The van der Waals surface area contributed by atoms with E-state index in [1.807, 2.05) is 36.4 Å². The maximum atomic E-state index is 8.83. The summed E-state index contributed by atoms with van der Waals surface area (Å²) in [6, 6.07) is 13.7. The summed E-state index contributed by atoms with van der Waals surface area (Å²) in [4.78, 5) is 0. The normalized spacial score (nSPS) is 10.2. The van der Waals surface area contributed by atoms with Crippen LogP contribution in [0.3, 0.4) is 0 Å². The van der Waals surface area contributed by atoms with Gasteiger partial charge in [0, 0.05) is 0 Å². The van der Waals surface area contributed by atoms with Crippen LogP contribution in [0, 0.1) is 11.3 Å². The van der Waals surface area contributed by atoms with Crippen molar-refractivity contribution in [1.29, 1.82) is 5.26 Å². The van der Waals surface area contributed by atoms with Gasteiger partial charge in [-0.25, -0.2) is 0 Å². The van der Waals surface area contributed by atoms with Gasteiger partial charge in [-0.15, -0.1) is 0 Å². The Kier molecular flexibility index (Phi) is 4.16. The molecule has 0 aliphatic rings. The van der Waals surface area contributed by atoms with Crippen LogP contribution in [0.2, 0.25) is 0 Å². The van der Waals surface area contributed by atoms with Crippen molar-refractivity contribution >= 4 is 10.8 Å². The molecule has 2 N–H and O–H groups in total. The molecule has 3 nitrogen and oxygen atoms in total. The van der Waals surface area contributed by atoms with Gasteiger partial charge < -0.3 is 10.5 Å². The van der Waals surface area contributed by atoms with Crippen LogP contribution in [-0.4, -0.2) is 13.2 Å². The highest BCUT2D eigenvalue weighted by Crippen LogP contribution is 2.22. The van der Waals surface area contributed by atoms with E-state index in [0.29, 0.717) is 18.7 Å². The molecular formula is C15H16N2O. The van der Waals surface area contributed by atoms with Gasteiger partial charge in [-0.05, 0) is 54.4 Å². The van der Waals surface area contributed by atoms with E-state index >= 15 is 0 Å².